The van der Waals surface area contributed by atoms with Gasteiger partial charge in [0.1, 0.15) is 0 Å². The van der Waals surface area contributed by atoms with E-state index in [9.17, 15) is 5.11 Å². The highest BCUT2D eigenvalue weighted by Gasteiger charge is 2.03. The lowest BCUT2D eigenvalue weighted by Crippen LogP contribution is -2.10. The summed E-state index contributed by atoms with van der Waals surface area (Å²) < 4.78 is 2.00. The van der Waals surface area contributed by atoms with Crippen molar-refractivity contribution in [3.8, 4) is 0 Å². The van der Waals surface area contributed by atoms with E-state index < -0.39 is 0 Å². The molecule has 14 heavy (non-hydrogen) atoms. The molecule has 0 aromatic carbocycles. The molecule has 1 aromatic heterocycles. The van der Waals surface area contributed by atoms with Crippen LogP contribution in [0.2, 0.25) is 0 Å². The molecular weight excluding hydrogens is 176 g/mol. The lowest BCUT2D eigenvalue weighted by atomic mass is 10.1. The summed E-state index contributed by atoms with van der Waals surface area (Å²) in [7, 11) is 0. The second kappa shape index (κ2) is 6.60. The first-order chi connectivity index (χ1) is 6.83. The van der Waals surface area contributed by atoms with Crippen LogP contribution in [0.5, 0.6) is 0 Å². The first kappa shape index (κ1) is 11.2. The minimum atomic E-state index is -0.149. The van der Waals surface area contributed by atoms with E-state index in [1.54, 1.807) is 12.5 Å². The summed E-state index contributed by atoms with van der Waals surface area (Å²) in [5, 5.41) is 9.64. The van der Waals surface area contributed by atoms with Gasteiger partial charge in [-0.05, 0) is 12.8 Å². The van der Waals surface area contributed by atoms with Gasteiger partial charge in [-0.1, -0.05) is 26.2 Å². The number of hydrogen-bond acceptors (Lipinski definition) is 2. The molecule has 0 radical (unpaired) electrons. The Morgan fingerprint density at radius 1 is 1.36 bits per heavy atom. The maximum Gasteiger partial charge on any atom is 0.0945 e. The zero-order valence-corrected chi connectivity index (χ0v) is 8.89. The Morgan fingerprint density at radius 2 is 2.21 bits per heavy atom. The van der Waals surface area contributed by atoms with Gasteiger partial charge in [0.15, 0.2) is 0 Å². The maximum absolute atomic E-state index is 9.64. The lowest BCUT2D eigenvalue weighted by Gasteiger charge is -2.10. The summed E-state index contributed by atoms with van der Waals surface area (Å²) in [4.78, 5) is 3.96. The molecule has 3 heteroatoms. The van der Waals surface area contributed by atoms with Crippen molar-refractivity contribution < 1.29 is 5.11 Å². The molecular formula is C11H20N2O. The van der Waals surface area contributed by atoms with Crippen LogP contribution < -0.4 is 0 Å². The van der Waals surface area contributed by atoms with Gasteiger partial charge in [0.2, 0.25) is 0 Å². The molecule has 0 saturated heterocycles. The number of aliphatic hydroxyl groups excluding tert-OH is 1. The van der Waals surface area contributed by atoms with Crippen LogP contribution in [-0.2, 0) is 6.54 Å². The normalized spacial score (nSPS) is 13.0. The second-order valence-corrected chi connectivity index (χ2v) is 3.74. The number of nitrogens with zero attached hydrogens (tertiary/aromatic N) is 2. The highest BCUT2D eigenvalue weighted by Crippen LogP contribution is 2.07. The fraction of sp³-hybridized carbons (Fsp3) is 0.727. The molecule has 1 heterocycles. The Bertz CT molecular complexity index is 221. The predicted octanol–water partition coefficient (Wildman–Crippen LogP) is 2.21. The van der Waals surface area contributed by atoms with Crippen LogP contribution in [0.15, 0.2) is 18.7 Å². The Kier molecular flexibility index (Phi) is 5.30. The van der Waals surface area contributed by atoms with Crippen molar-refractivity contribution in [2.24, 2.45) is 0 Å². The third-order valence-corrected chi connectivity index (χ3v) is 2.42. The minimum absolute atomic E-state index is 0.149. The topological polar surface area (TPSA) is 38.0 Å². The number of aromatic nitrogens is 2. The third kappa shape index (κ3) is 4.42. The molecule has 80 valence electrons. The molecule has 0 aliphatic rings. The molecule has 0 spiro atoms. The minimum Gasteiger partial charge on any atom is -0.393 e. The van der Waals surface area contributed by atoms with E-state index in [1.807, 2.05) is 10.8 Å². The monoisotopic (exact) mass is 196 g/mol. The molecule has 1 unspecified atom stereocenters. The van der Waals surface area contributed by atoms with Crippen LogP contribution in [0.25, 0.3) is 0 Å². The molecule has 0 fully saturated rings. The van der Waals surface area contributed by atoms with E-state index in [0.29, 0.717) is 0 Å². The largest absolute Gasteiger partial charge is 0.393 e. The molecule has 3 nitrogen and oxygen atoms in total. The molecule has 0 amide bonds. The molecule has 1 N–H and O–H groups in total. The van der Waals surface area contributed by atoms with Gasteiger partial charge < -0.3 is 9.67 Å². The Labute approximate surface area is 85.8 Å². The van der Waals surface area contributed by atoms with Crippen LogP contribution in [0.4, 0.5) is 0 Å². The van der Waals surface area contributed by atoms with E-state index in [4.69, 9.17) is 0 Å². The van der Waals surface area contributed by atoms with Crippen LogP contribution >= 0.6 is 0 Å². The van der Waals surface area contributed by atoms with Gasteiger partial charge in [0.25, 0.3) is 0 Å². The Balaban J connectivity index is 2.06. The van der Waals surface area contributed by atoms with Crippen molar-refractivity contribution in [2.75, 3.05) is 0 Å². The van der Waals surface area contributed by atoms with E-state index >= 15 is 0 Å². The molecule has 1 aromatic rings. The highest BCUT2D eigenvalue weighted by atomic mass is 16.3. The summed E-state index contributed by atoms with van der Waals surface area (Å²) in [5.74, 6) is 0. The van der Waals surface area contributed by atoms with Gasteiger partial charge >= 0.3 is 0 Å². The number of aryl methyl sites for hydroxylation is 1. The number of rotatable bonds is 7. The van der Waals surface area contributed by atoms with Gasteiger partial charge in [-0.2, -0.15) is 0 Å². The Hall–Kier alpha value is -0.830. The van der Waals surface area contributed by atoms with E-state index in [1.165, 1.54) is 12.8 Å². The van der Waals surface area contributed by atoms with Crippen molar-refractivity contribution in [3.63, 3.8) is 0 Å². The quantitative estimate of drug-likeness (QED) is 0.679. The van der Waals surface area contributed by atoms with Crippen molar-refractivity contribution in [2.45, 2.75) is 51.7 Å². The molecule has 1 rings (SSSR count). The summed E-state index contributed by atoms with van der Waals surface area (Å²) in [5.41, 5.74) is 0. The van der Waals surface area contributed by atoms with Crippen LogP contribution in [0, 0.1) is 0 Å². The van der Waals surface area contributed by atoms with E-state index in [0.717, 1.165) is 25.8 Å². The maximum atomic E-state index is 9.64. The number of unbranched alkanes of at least 4 members (excludes halogenated alkanes) is 2. The second-order valence-electron chi connectivity index (χ2n) is 3.74. The summed E-state index contributed by atoms with van der Waals surface area (Å²) >= 11 is 0. The molecule has 1 atom stereocenters. The standard InChI is InChI=1S/C11H20N2O/c1-2-3-4-5-11(14)6-8-13-9-7-12-10-13/h7,9-11,14H,2-6,8H2,1H3. The average Bonchev–Trinajstić information content (AvgIpc) is 2.68. The van der Waals surface area contributed by atoms with E-state index in [2.05, 4.69) is 11.9 Å². The summed E-state index contributed by atoms with van der Waals surface area (Å²) in [6, 6.07) is 0. The first-order valence-corrected chi connectivity index (χ1v) is 5.46. The highest BCUT2D eigenvalue weighted by molar-refractivity contribution is 4.74. The van der Waals surface area contributed by atoms with Crippen molar-refractivity contribution >= 4 is 0 Å². The molecule has 0 bridgehead atoms. The van der Waals surface area contributed by atoms with Crippen LogP contribution in [-0.4, -0.2) is 20.8 Å². The first-order valence-electron chi connectivity index (χ1n) is 5.46. The van der Waals surface area contributed by atoms with Crippen LogP contribution in [0.3, 0.4) is 0 Å². The van der Waals surface area contributed by atoms with Gasteiger partial charge in [0, 0.05) is 18.9 Å². The molecule has 0 saturated carbocycles. The average molecular weight is 196 g/mol. The van der Waals surface area contributed by atoms with E-state index in [-0.39, 0.29) is 6.10 Å². The van der Waals surface area contributed by atoms with Crippen molar-refractivity contribution in [1.82, 2.24) is 9.55 Å². The summed E-state index contributed by atoms with van der Waals surface area (Å²) in [6.07, 6.45) is 10.7. The number of aliphatic hydroxyl groups is 1. The van der Waals surface area contributed by atoms with Crippen molar-refractivity contribution in [3.05, 3.63) is 18.7 Å². The summed E-state index contributed by atoms with van der Waals surface area (Å²) in [6.45, 7) is 3.05. The number of imidazole rings is 1. The fourth-order valence-electron chi connectivity index (χ4n) is 1.49. The van der Waals surface area contributed by atoms with Gasteiger partial charge in [-0.3, -0.25) is 0 Å². The molecule has 0 aliphatic carbocycles. The zero-order valence-electron chi connectivity index (χ0n) is 8.89. The SMILES string of the molecule is CCCCCC(O)CCn1ccnc1. The van der Waals surface area contributed by atoms with Crippen LogP contribution in [0.1, 0.15) is 39.0 Å². The van der Waals surface area contributed by atoms with Gasteiger partial charge in [-0.15, -0.1) is 0 Å². The fourth-order valence-corrected chi connectivity index (χ4v) is 1.49. The Morgan fingerprint density at radius 3 is 2.86 bits per heavy atom. The predicted molar refractivity (Wildman–Crippen MR) is 57.0 cm³/mol. The number of hydrogen-bond donors (Lipinski definition) is 1. The van der Waals surface area contributed by atoms with Gasteiger partial charge in [0.05, 0.1) is 12.4 Å². The third-order valence-electron chi connectivity index (χ3n) is 2.42. The zero-order chi connectivity index (χ0) is 10.2. The van der Waals surface area contributed by atoms with Gasteiger partial charge in [-0.25, -0.2) is 4.98 Å². The molecule has 0 aliphatic heterocycles. The smallest absolute Gasteiger partial charge is 0.0945 e. The van der Waals surface area contributed by atoms with Crippen molar-refractivity contribution in [1.29, 1.82) is 0 Å². The lowest BCUT2D eigenvalue weighted by molar-refractivity contribution is 0.145.